The third-order valence-electron chi connectivity index (χ3n) is 4.71. The van der Waals surface area contributed by atoms with Crippen LogP contribution in [0.1, 0.15) is 45.4 Å². The lowest BCUT2D eigenvalue weighted by Crippen LogP contribution is -2.48. The molecule has 0 spiro atoms. The number of methoxy groups -OCH3 is 1. The molecule has 1 N–H and O–H groups in total. The number of nitrogens with zero attached hydrogens (tertiary/aromatic N) is 1. The molecular weight excluding hydrogens is 240 g/mol. The van der Waals surface area contributed by atoms with E-state index in [1.54, 1.807) is 7.11 Å². The van der Waals surface area contributed by atoms with Gasteiger partial charge < -0.3 is 15.0 Å². The number of hydrogen-bond donors (Lipinski definition) is 1. The predicted molar refractivity (Wildman–Crippen MR) is 76.0 cm³/mol. The molecule has 2 fully saturated rings. The van der Waals surface area contributed by atoms with Gasteiger partial charge in [-0.25, -0.2) is 0 Å². The number of rotatable bonds is 5. The first-order valence-corrected chi connectivity index (χ1v) is 7.75. The van der Waals surface area contributed by atoms with Crippen LogP contribution in [0.4, 0.5) is 0 Å². The highest BCUT2D eigenvalue weighted by molar-refractivity contribution is 5.77. The largest absolute Gasteiger partial charge is 0.375 e. The molecule has 2 atom stereocenters. The number of amides is 1. The maximum Gasteiger partial charge on any atom is 0.248 e. The van der Waals surface area contributed by atoms with E-state index in [1.807, 2.05) is 4.90 Å². The summed E-state index contributed by atoms with van der Waals surface area (Å²) in [5.41, 5.74) is 0. The van der Waals surface area contributed by atoms with Crippen molar-refractivity contribution in [3.63, 3.8) is 0 Å². The lowest BCUT2D eigenvalue weighted by Gasteiger charge is -2.34. The van der Waals surface area contributed by atoms with Gasteiger partial charge in [-0.05, 0) is 38.0 Å². The average Bonchev–Trinajstić information content (AvgIpc) is 2.87. The van der Waals surface area contributed by atoms with Crippen molar-refractivity contribution in [1.82, 2.24) is 10.2 Å². The summed E-state index contributed by atoms with van der Waals surface area (Å²) in [6.45, 7) is 4.28. The molecule has 1 saturated carbocycles. The molecule has 0 aromatic rings. The molecule has 1 amide bonds. The SMILES string of the molecule is CCC1CCC(NC2CCN(C(=O)COC)CC2)C1. The zero-order chi connectivity index (χ0) is 13.7. The number of piperidine rings is 1. The fourth-order valence-electron chi connectivity index (χ4n) is 3.44. The van der Waals surface area contributed by atoms with E-state index in [-0.39, 0.29) is 12.5 Å². The molecule has 1 aliphatic heterocycles. The molecule has 0 aromatic heterocycles. The quantitative estimate of drug-likeness (QED) is 0.826. The Hall–Kier alpha value is -0.610. The van der Waals surface area contributed by atoms with Crippen LogP contribution in [0.15, 0.2) is 0 Å². The Morgan fingerprint density at radius 1 is 1.21 bits per heavy atom. The van der Waals surface area contributed by atoms with Crippen molar-refractivity contribution in [3.05, 3.63) is 0 Å². The molecule has 2 aliphatic rings. The lowest BCUT2D eigenvalue weighted by molar-refractivity contribution is -0.136. The minimum Gasteiger partial charge on any atom is -0.375 e. The number of hydrogen-bond acceptors (Lipinski definition) is 3. The standard InChI is InChI=1S/C15H28N2O2/c1-3-12-4-5-14(10-12)16-13-6-8-17(9-7-13)15(18)11-19-2/h12-14,16H,3-11H2,1-2H3. The summed E-state index contributed by atoms with van der Waals surface area (Å²) in [6, 6.07) is 1.32. The molecule has 2 unspecified atom stereocenters. The Morgan fingerprint density at radius 2 is 1.95 bits per heavy atom. The predicted octanol–water partition coefficient (Wildman–Crippen LogP) is 1.79. The maximum absolute atomic E-state index is 11.7. The summed E-state index contributed by atoms with van der Waals surface area (Å²) in [6.07, 6.45) is 7.56. The van der Waals surface area contributed by atoms with Gasteiger partial charge in [0.1, 0.15) is 6.61 Å². The molecule has 110 valence electrons. The van der Waals surface area contributed by atoms with Crippen molar-refractivity contribution in [3.8, 4) is 0 Å². The van der Waals surface area contributed by atoms with Gasteiger partial charge in [-0.1, -0.05) is 13.3 Å². The second kappa shape index (κ2) is 7.25. The van der Waals surface area contributed by atoms with E-state index in [0.29, 0.717) is 6.04 Å². The Kier molecular flexibility index (Phi) is 5.64. The van der Waals surface area contributed by atoms with Crippen LogP contribution in [-0.2, 0) is 9.53 Å². The molecule has 0 aromatic carbocycles. The van der Waals surface area contributed by atoms with E-state index in [1.165, 1.54) is 25.7 Å². The zero-order valence-corrected chi connectivity index (χ0v) is 12.4. The number of carbonyl (C=O) groups excluding carboxylic acids is 1. The van der Waals surface area contributed by atoms with Crippen molar-refractivity contribution in [2.45, 2.75) is 57.5 Å². The Bertz CT molecular complexity index is 288. The highest BCUT2D eigenvalue weighted by Gasteiger charge is 2.28. The van der Waals surface area contributed by atoms with E-state index < -0.39 is 0 Å². The third-order valence-corrected chi connectivity index (χ3v) is 4.71. The van der Waals surface area contributed by atoms with Crippen LogP contribution in [0.3, 0.4) is 0 Å². The molecule has 1 heterocycles. The molecule has 0 bridgehead atoms. The van der Waals surface area contributed by atoms with Gasteiger partial charge in [0.15, 0.2) is 0 Å². The molecule has 2 rings (SSSR count). The second-order valence-electron chi connectivity index (χ2n) is 6.04. The number of nitrogens with one attached hydrogen (secondary N) is 1. The minimum absolute atomic E-state index is 0.132. The summed E-state index contributed by atoms with van der Waals surface area (Å²) in [5, 5.41) is 3.80. The molecule has 19 heavy (non-hydrogen) atoms. The molecular formula is C15H28N2O2. The van der Waals surface area contributed by atoms with Crippen LogP contribution >= 0.6 is 0 Å². The van der Waals surface area contributed by atoms with Crippen LogP contribution in [-0.4, -0.2) is 49.7 Å². The van der Waals surface area contributed by atoms with Gasteiger partial charge in [0.2, 0.25) is 5.91 Å². The van der Waals surface area contributed by atoms with E-state index in [4.69, 9.17) is 4.74 Å². The summed E-state index contributed by atoms with van der Waals surface area (Å²) in [7, 11) is 1.58. The van der Waals surface area contributed by atoms with Gasteiger partial charge in [0, 0.05) is 32.3 Å². The number of likely N-dealkylation sites (tertiary alicyclic amines) is 1. The first-order valence-electron chi connectivity index (χ1n) is 7.75. The number of carbonyl (C=O) groups is 1. The Morgan fingerprint density at radius 3 is 2.53 bits per heavy atom. The van der Waals surface area contributed by atoms with Gasteiger partial charge in [0.25, 0.3) is 0 Å². The monoisotopic (exact) mass is 268 g/mol. The van der Waals surface area contributed by atoms with Crippen molar-refractivity contribution >= 4 is 5.91 Å². The van der Waals surface area contributed by atoms with Gasteiger partial charge in [-0.3, -0.25) is 4.79 Å². The zero-order valence-electron chi connectivity index (χ0n) is 12.4. The van der Waals surface area contributed by atoms with Crippen LogP contribution in [0.2, 0.25) is 0 Å². The Balaban J connectivity index is 1.68. The van der Waals surface area contributed by atoms with E-state index in [0.717, 1.165) is 37.9 Å². The summed E-state index contributed by atoms with van der Waals surface area (Å²) in [4.78, 5) is 13.6. The van der Waals surface area contributed by atoms with E-state index in [9.17, 15) is 4.79 Å². The molecule has 4 nitrogen and oxygen atoms in total. The van der Waals surface area contributed by atoms with E-state index in [2.05, 4.69) is 12.2 Å². The first-order chi connectivity index (χ1) is 9.22. The van der Waals surface area contributed by atoms with Gasteiger partial charge in [0.05, 0.1) is 0 Å². The number of ether oxygens (including phenoxy) is 1. The average molecular weight is 268 g/mol. The smallest absolute Gasteiger partial charge is 0.248 e. The molecule has 4 heteroatoms. The molecule has 0 radical (unpaired) electrons. The van der Waals surface area contributed by atoms with Gasteiger partial charge in [-0.2, -0.15) is 0 Å². The third kappa shape index (κ3) is 4.18. The second-order valence-corrected chi connectivity index (χ2v) is 6.04. The fraction of sp³-hybridized carbons (Fsp3) is 0.933. The van der Waals surface area contributed by atoms with Crippen molar-refractivity contribution in [2.24, 2.45) is 5.92 Å². The maximum atomic E-state index is 11.7. The Labute approximate surface area is 116 Å². The van der Waals surface area contributed by atoms with Crippen LogP contribution < -0.4 is 5.32 Å². The molecule has 1 aliphatic carbocycles. The minimum atomic E-state index is 0.132. The van der Waals surface area contributed by atoms with Crippen LogP contribution in [0, 0.1) is 5.92 Å². The first kappa shape index (κ1) is 14.8. The normalized spacial score (nSPS) is 28.8. The summed E-state index contributed by atoms with van der Waals surface area (Å²) in [5.74, 6) is 1.06. The summed E-state index contributed by atoms with van der Waals surface area (Å²) < 4.78 is 4.91. The molecule has 1 saturated heterocycles. The highest BCUT2D eigenvalue weighted by Crippen LogP contribution is 2.28. The van der Waals surface area contributed by atoms with Gasteiger partial charge in [-0.15, -0.1) is 0 Å². The topological polar surface area (TPSA) is 41.6 Å². The lowest BCUT2D eigenvalue weighted by atomic mass is 10.0. The fourth-order valence-corrected chi connectivity index (χ4v) is 3.44. The summed E-state index contributed by atoms with van der Waals surface area (Å²) >= 11 is 0. The highest BCUT2D eigenvalue weighted by atomic mass is 16.5. The van der Waals surface area contributed by atoms with Crippen molar-refractivity contribution < 1.29 is 9.53 Å². The van der Waals surface area contributed by atoms with Crippen molar-refractivity contribution in [2.75, 3.05) is 26.8 Å². The van der Waals surface area contributed by atoms with E-state index >= 15 is 0 Å². The van der Waals surface area contributed by atoms with Crippen molar-refractivity contribution in [1.29, 1.82) is 0 Å². The van der Waals surface area contributed by atoms with Crippen LogP contribution in [0.5, 0.6) is 0 Å². The van der Waals surface area contributed by atoms with Crippen LogP contribution in [0.25, 0.3) is 0 Å². The van der Waals surface area contributed by atoms with Gasteiger partial charge >= 0.3 is 0 Å².